The molecule has 4 aliphatic rings. The molecule has 0 N–H and O–H groups in total. The van der Waals surface area contributed by atoms with Gasteiger partial charge >= 0.3 is 11.9 Å². The van der Waals surface area contributed by atoms with Gasteiger partial charge in [0.2, 0.25) is 11.9 Å². The van der Waals surface area contributed by atoms with Crippen molar-refractivity contribution in [3.8, 4) is 0 Å². The molecule has 0 saturated carbocycles. The Labute approximate surface area is 326 Å². The fraction of sp³-hybridized carbons (Fsp3) is 0.702. The van der Waals surface area contributed by atoms with E-state index in [0.717, 1.165) is 32.1 Å². The second-order valence-electron chi connectivity index (χ2n) is 17.0. The summed E-state index contributed by atoms with van der Waals surface area (Å²) in [6.45, 7) is 5.95. The second-order valence-corrected chi connectivity index (χ2v) is 17.0. The van der Waals surface area contributed by atoms with Gasteiger partial charge in [-0.15, -0.1) is 0 Å². The zero-order valence-corrected chi connectivity index (χ0v) is 33.4. The predicted molar refractivity (Wildman–Crippen MR) is 214 cm³/mol. The van der Waals surface area contributed by atoms with Crippen LogP contribution in [-0.2, 0) is 34.1 Å². The first-order valence-corrected chi connectivity index (χ1v) is 22.2. The van der Waals surface area contributed by atoms with E-state index < -0.39 is 17.9 Å². The van der Waals surface area contributed by atoms with Crippen LogP contribution in [0.1, 0.15) is 159 Å². The van der Waals surface area contributed by atoms with Crippen LogP contribution in [0, 0.1) is 5.92 Å². The van der Waals surface area contributed by atoms with Crippen molar-refractivity contribution in [2.75, 3.05) is 26.3 Å². The van der Waals surface area contributed by atoms with Crippen LogP contribution in [0.3, 0.4) is 0 Å². The number of benzene rings is 2. The van der Waals surface area contributed by atoms with E-state index in [1.54, 1.807) is 0 Å². The highest BCUT2D eigenvalue weighted by molar-refractivity contribution is 5.86. The average molecular weight is 745 g/mol. The number of quaternary nitrogens is 1. The molecular weight excluding hydrogens is 675 g/mol. The van der Waals surface area contributed by atoms with Gasteiger partial charge in [-0.3, -0.25) is 4.79 Å². The summed E-state index contributed by atoms with van der Waals surface area (Å²) in [7, 11) is 0. The van der Waals surface area contributed by atoms with E-state index in [9.17, 15) is 4.79 Å². The molecule has 2 aromatic carbocycles. The topological polar surface area (TPSA) is 71.1 Å². The van der Waals surface area contributed by atoms with Gasteiger partial charge in [-0.05, 0) is 30.4 Å². The van der Waals surface area contributed by atoms with Crippen LogP contribution in [-0.4, -0.2) is 67.2 Å². The maximum absolute atomic E-state index is 15.1. The monoisotopic (exact) mass is 745 g/mol. The van der Waals surface area contributed by atoms with Gasteiger partial charge < -0.3 is 23.4 Å². The van der Waals surface area contributed by atoms with Crippen molar-refractivity contribution in [3.05, 3.63) is 71.8 Å². The minimum atomic E-state index is -1.60. The van der Waals surface area contributed by atoms with Crippen LogP contribution >= 0.6 is 0 Å². The van der Waals surface area contributed by atoms with Gasteiger partial charge in [0, 0.05) is 64.1 Å². The number of nitrogens with zero attached hydrogens (tertiary/aromatic N) is 1. The smallest absolute Gasteiger partial charge is 0.348 e. The number of piperidine rings is 1. The second kappa shape index (κ2) is 21.0. The zero-order valence-electron chi connectivity index (χ0n) is 33.4. The van der Waals surface area contributed by atoms with Crippen LogP contribution < -0.4 is 0 Å². The number of ether oxygens (including phenoxy) is 4. The van der Waals surface area contributed by atoms with E-state index in [0.29, 0.717) is 55.7 Å². The molecule has 2 aromatic rings. The highest BCUT2D eigenvalue weighted by Gasteiger charge is 2.57. The minimum absolute atomic E-state index is 0.0982. The van der Waals surface area contributed by atoms with E-state index in [-0.39, 0.29) is 18.0 Å². The molecular formula is C47H70NO6+. The first-order chi connectivity index (χ1) is 26.5. The summed E-state index contributed by atoms with van der Waals surface area (Å²) in [5.74, 6) is -0.774. The lowest BCUT2D eigenvalue weighted by Crippen LogP contribution is -2.60. The first kappa shape index (κ1) is 40.9. The van der Waals surface area contributed by atoms with Gasteiger partial charge in [0.15, 0.2) is 0 Å². The van der Waals surface area contributed by atoms with Crippen LogP contribution in [0.25, 0.3) is 0 Å². The molecule has 0 radical (unpaired) electrons. The predicted octanol–water partition coefficient (Wildman–Crippen LogP) is 10.6. The normalized spacial score (nSPS) is 23.0. The summed E-state index contributed by atoms with van der Waals surface area (Å²) in [4.78, 5) is 28.7. The van der Waals surface area contributed by atoms with E-state index in [2.05, 4.69) is 6.92 Å². The SMILES string of the molecule is CCCCCCCCCCCCCCCC(=O)OC(OC(C(=O)OC1CC2CCC(C1)[N+]21CCCC1)(c1ccccc1)c1ccccc1)C1CCOCC1. The van der Waals surface area contributed by atoms with Crippen molar-refractivity contribution >= 4 is 11.9 Å². The Hall–Kier alpha value is -2.74. The molecule has 4 saturated heterocycles. The molecule has 7 nitrogen and oxygen atoms in total. The van der Waals surface area contributed by atoms with Gasteiger partial charge in [0.05, 0.1) is 25.2 Å². The van der Waals surface area contributed by atoms with Gasteiger partial charge in [-0.2, -0.15) is 0 Å². The van der Waals surface area contributed by atoms with Crippen LogP contribution in [0.4, 0.5) is 0 Å². The molecule has 0 aliphatic carbocycles. The molecule has 7 heteroatoms. The van der Waals surface area contributed by atoms with Crippen molar-refractivity contribution in [2.45, 2.75) is 178 Å². The van der Waals surface area contributed by atoms with Crippen molar-refractivity contribution in [3.63, 3.8) is 0 Å². The quantitative estimate of drug-likeness (QED) is 0.0517. The molecule has 2 bridgehead atoms. The lowest BCUT2D eigenvalue weighted by Gasteiger charge is -2.47. The molecule has 0 aromatic heterocycles. The van der Waals surface area contributed by atoms with E-state index >= 15 is 4.79 Å². The van der Waals surface area contributed by atoms with E-state index in [1.165, 1.54) is 107 Å². The molecule has 6 rings (SSSR count). The van der Waals surface area contributed by atoms with Crippen LogP contribution in [0.2, 0.25) is 0 Å². The third kappa shape index (κ3) is 10.4. The molecule has 0 amide bonds. The lowest BCUT2D eigenvalue weighted by molar-refractivity contribution is -0.956. The molecule has 3 unspecified atom stereocenters. The maximum atomic E-state index is 15.1. The Morgan fingerprint density at radius 1 is 0.704 bits per heavy atom. The number of unbranched alkanes of at least 4 members (excludes halogenated alkanes) is 12. The van der Waals surface area contributed by atoms with E-state index in [1.807, 2.05) is 60.7 Å². The summed E-state index contributed by atoms with van der Waals surface area (Å²) in [6.07, 6.45) is 23.8. The summed E-state index contributed by atoms with van der Waals surface area (Å²) >= 11 is 0. The van der Waals surface area contributed by atoms with Gasteiger partial charge in [-0.25, -0.2) is 4.79 Å². The number of esters is 2. The zero-order chi connectivity index (χ0) is 37.5. The third-order valence-electron chi connectivity index (χ3n) is 13.4. The van der Waals surface area contributed by atoms with Gasteiger partial charge in [0.1, 0.15) is 6.10 Å². The van der Waals surface area contributed by atoms with Crippen molar-refractivity contribution in [1.29, 1.82) is 0 Å². The summed E-state index contributed by atoms with van der Waals surface area (Å²) in [6, 6.07) is 20.6. The molecule has 4 aliphatic heterocycles. The Morgan fingerprint density at radius 2 is 1.20 bits per heavy atom. The third-order valence-corrected chi connectivity index (χ3v) is 13.4. The molecule has 298 valence electrons. The number of rotatable bonds is 22. The summed E-state index contributed by atoms with van der Waals surface area (Å²) in [5.41, 5.74) is -0.224. The summed E-state index contributed by atoms with van der Waals surface area (Å²) in [5, 5.41) is 0. The van der Waals surface area contributed by atoms with Crippen LogP contribution in [0.5, 0.6) is 0 Å². The molecule has 4 fully saturated rings. The van der Waals surface area contributed by atoms with Crippen LogP contribution in [0.15, 0.2) is 60.7 Å². The largest absolute Gasteiger partial charge is 0.459 e. The highest BCUT2D eigenvalue weighted by atomic mass is 16.7. The Balaban J connectivity index is 1.12. The van der Waals surface area contributed by atoms with Crippen molar-refractivity contribution in [1.82, 2.24) is 0 Å². The first-order valence-electron chi connectivity index (χ1n) is 22.2. The summed E-state index contributed by atoms with van der Waals surface area (Å²) < 4.78 is 27.1. The molecule has 4 heterocycles. The number of carbonyl (C=O) groups excluding carboxylic acids is 2. The fourth-order valence-corrected chi connectivity index (χ4v) is 10.3. The van der Waals surface area contributed by atoms with Crippen molar-refractivity contribution in [2.24, 2.45) is 5.92 Å². The van der Waals surface area contributed by atoms with E-state index in [4.69, 9.17) is 18.9 Å². The molecule has 54 heavy (non-hydrogen) atoms. The minimum Gasteiger partial charge on any atom is -0.459 e. The Kier molecular flexibility index (Phi) is 15.9. The van der Waals surface area contributed by atoms with Gasteiger partial charge in [-0.1, -0.05) is 145 Å². The highest BCUT2D eigenvalue weighted by Crippen LogP contribution is 2.47. The Morgan fingerprint density at radius 3 is 1.72 bits per heavy atom. The molecule has 1 spiro atoms. The standard InChI is InChI=1S/C47H70NO6/c1-2-3-4-5-6-7-8-9-10-11-12-13-20-27-44(49)53-45(38-30-34-51-35-31-38)54-47(39-23-16-14-17-24-39,40-25-18-15-19-26-40)46(50)52-43-36-41-28-29-42(37-43)48(41)32-21-22-33-48/h14-19,23-26,38,41-43,45H,2-13,20-22,27-37H2,1H3/q+1. The maximum Gasteiger partial charge on any atom is 0.348 e. The fourth-order valence-electron chi connectivity index (χ4n) is 10.3. The number of hydrogen-bond donors (Lipinski definition) is 0. The van der Waals surface area contributed by atoms with Crippen molar-refractivity contribution < 1.29 is 33.0 Å². The lowest BCUT2D eigenvalue weighted by atomic mass is 9.85. The molecule has 3 atom stereocenters. The average Bonchev–Trinajstić information content (AvgIpc) is 3.75. The Bertz CT molecular complexity index is 1330. The number of hydrogen-bond acceptors (Lipinski definition) is 6. The van der Waals surface area contributed by atoms with Gasteiger partial charge in [0.25, 0.3) is 0 Å². The number of carbonyl (C=O) groups is 2.